The van der Waals surface area contributed by atoms with Gasteiger partial charge >= 0.3 is 0 Å². The van der Waals surface area contributed by atoms with E-state index in [2.05, 4.69) is 20.2 Å². The van der Waals surface area contributed by atoms with Crippen LogP contribution in [0.15, 0.2) is 42.6 Å². The van der Waals surface area contributed by atoms with Crippen molar-refractivity contribution in [1.29, 1.82) is 0 Å². The summed E-state index contributed by atoms with van der Waals surface area (Å²) in [7, 11) is 0. The van der Waals surface area contributed by atoms with Gasteiger partial charge in [-0.25, -0.2) is 14.4 Å². The van der Waals surface area contributed by atoms with E-state index in [1.165, 1.54) is 31.2 Å². The Balaban J connectivity index is 1.37. The third-order valence-electron chi connectivity index (χ3n) is 6.05. The van der Waals surface area contributed by atoms with Crippen molar-refractivity contribution >= 4 is 34.9 Å². The second-order valence-corrected chi connectivity index (χ2v) is 9.39. The first-order valence-electron chi connectivity index (χ1n) is 11.9. The first kappa shape index (κ1) is 26.1. The lowest BCUT2D eigenvalue weighted by molar-refractivity contribution is 0.0952. The van der Waals surface area contributed by atoms with E-state index in [4.69, 9.17) is 33.7 Å². The summed E-state index contributed by atoms with van der Waals surface area (Å²) < 4.78 is 19.5. The Morgan fingerprint density at radius 1 is 1.19 bits per heavy atom. The van der Waals surface area contributed by atoms with Crippen LogP contribution < -0.4 is 15.8 Å². The summed E-state index contributed by atoms with van der Waals surface area (Å²) in [6, 6.07) is 9.80. The van der Waals surface area contributed by atoms with Crippen molar-refractivity contribution in [2.45, 2.75) is 25.7 Å². The predicted octanol–water partition coefficient (Wildman–Crippen LogP) is 5.01. The smallest absolute Gasteiger partial charge is 0.257 e. The van der Waals surface area contributed by atoms with Crippen LogP contribution in [0.1, 0.15) is 35.2 Å². The Morgan fingerprint density at radius 2 is 2.00 bits per heavy atom. The number of ether oxygens (including phenoxy) is 1. The maximum Gasteiger partial charge on any atom is 0.257 e. The van der Waals surface area contributed by atoms with Gasteiger partial charge in [0.25, 0.3) is 11.8 Å². The van der Waals surface area contributed by atoms with Gasteiger partial charge in [-0.05, 0) is 68.7 Å². The normalized spacial score (nSPS) is 13.6. The van der Waals surface area contributed by atoms with Crippen LogP contribution in [-0.2, 0) is 6.42 Å². The molecular formula is C26H28Cl2FN5O2. The number of nitrogen functional groups attached to an aromatic ring is 1. The van der Waals surface area contributed by atoms with E-state index in [0.717, 1.165) is 26.1 Å². The summed E-state index contributed by atoms with van der Waals surface area (Å²) in [6.07, 6.45) is 5.22. The minimum absolute atomic E-state index is 0.0370. The van der Waals surface area contributed by atoms with Crippen molar-refractivity contribution in [3.8, 4) is 17.1 Å². The van der Waals surface area contributed by atoms with E-state index in [1.807, 2.05) is 6.07 Å². The highest BCUT2D eigenvalue weighted by atomic mass is 35.5. The van der Waals surface area contributed by atoms with Gasteiger partial charge in [-0.1, -0.05) is 35.3 Å². The van der Waals surface area contributed by atoms with Gasteiger partial charge < -0.3 is 20.7 Å². The van der Waals surface area contributed by atoms with Gasteiger partial charge in [-0.3, -0.25) is 4.79 Å². The minimum Gasteiger partial charge on any atom is -0.475 e. The number of likely N-dealkylation sites (tertiary alicyclic amines) is 1. The summed E-state index contributed by atoms with van der Waals surface area (Å²) in [5, 5.41) is 3.30. The third kappa shape index (κ3) is 6.63. The molecule has 1 amide bonds. The number of carbonyl (C=O) groups excluding carboxylic acids is 1. The largest absolute Gasteiger partial charge is 0.475 e. The second kappa shape index (κ2) is 12.3. The zero-order valence-corrected chi connectivity index (χ0v) is 21.3. The van der Waals surface area contributed by atoms with Crippen LogP contribution in [0.4, 0.5) is 10.2 Å². The molecule has 3 N–H and O–H groups in total. The van der Waals surface area contributed by atoms with Crippen molar-refractivity contribution in [2.75, 3.05) is 38.5 Å². The lowest BCUT2D eigenvalue weighted by atomic mass is 10.1. The number of nitrogens with zero attached hydrogens (tertiary/aromatic N) is 3. The molecule has 1 fully saturated rings. The molecule has 0 aliphatic carbocycles. The molecule has 190 valence electrons. The maximum atomic E-state index is 13.8. The quantitative estimate of drug-likeness (QED) is 0.282. The van der Waals surface area contributed by atoms with Crippen LogP contribution in [-0.4, -0.2) is 53.6 Å². The average molecular weight is 532 g/mol. The van der Waals surface area contributed by atoms with Crippen LogP contribution in [0.5, 0.6) is 5.88 Å². The van der Waals surface area contributed by atoms with E-state index < -0.39 is 5.82 Å². The minimum atomic E-state index is -0.548. The molecule has 0 bridgehead atoms. The average Bonchev–Trinajstić information content (AvgIpc) is 3.41. The fourth-order valence-corrected chi connectivity index (χ4v) is 4.67. The van der Waals surface area contributed by atoms with Gasteiger partial charge in [0.05, 0.1) is 23.5 Å². The molecule has 3 aromatic rings. The molecule has 0 saturated carbocycles. The highest BCUT2D eigenvalue weighted by Crippen LogP contribution is 2.28. The topological polar surface area (TPSA) is 93.4 Å². The lowest BCUT2D eigenvalue weighted by Crippen LogP contribution is -2.28. The molecule has 0 unspecified atom stereocenters. The Labute approximate surface area is 219 Å². The number of halogens is 3. The molecule has 36 heavy (non-hydrogen) atoms. The van der Waals surface area contributed by atoms with Crippen LogP contribution in [0.3, 0.4) is 0 Å². The fraction of sp³-hybridized carbons (Fsp3) is 0.346. The molecule has 1 aliphatic rings. The molecule has 0 spiro atoms. The van der Waals surface area contributed by atoms with E-state index in [1.54, 1.807) is 18.2 Å². The third-order valence-corrected chi connectivity index (χ3v) is 6.82. The highest BCUT2D eigenvalue weighted by Gasteiger charge is 2.14. The summed E-state index contributed by atoms with van der Waals surface area (Å²) in [6.45, 7) is 4.04. The molecule has 7 nitrogen and oxygen atoms in total. The summed E-state index contributed by atoms with van der Waals surface area (Å²) in [5.74, 6) is -0.440. The summed E-state index contributed by atoms with van der Waals surface area (Å²) in [5.41, 5.74) is 8.13. The summed E-state index contributed by atoms with van der Waals surface area (Å²) in [4.78, 5) is 23.7. The molecule has 1 aromatic heterocycles. The Hall–Kier alpha value is -2.94. The zero-order chi connectivity index (χ0) is 25.5. The number of amides is 1. The molecule has 10 heteroatoms. The van der Waals surface area contributed by atoms with E-state index >= 15 is 0 Å². The van der Waals surface area contributed by atoms with Gasteiger partial charge in [-0.15, -0.1) is 0 Å². The second-order valence-electron chi connectivity index (χ2n) is 8.60. The molecular weight excluding hydrogens is 504 g/mol. The number of anilines is 1. The number of aromatic nitrogens is 2. The molecule has 0 atom stereocenters. The van der Waals surface area contributed by atoms with E-state index in [9.17, 15) is 9.18 Å². The van der Waals surface area contributed by atoms with Crippen molar-refractivity contribution in [2.24, 2.45) is 0 Å². The number of nitrogens with one attached hydrogen (secondary N) is 1. The Morgan fingerprint density at radius 3 is 2.81 bits per heavy atom. The molecule has 0 radical (unpaired) electrons. The van der Waals surface area contributed by atoms with E-state index in [-0.39, 0.29) is 35.7 Å². The van der Waals surface area contributed by atoms with Crippen LogP contribution in [0.2, 0.25) is 10.0 Å². The number of hydrogen-bond acceptors (Lipinski definition) is 6. The molecule has 2 heterocycles. The monoisotopic (exact) mass is 531 g/mol. The number of rotatable bonds is 10. The van der Waals surface area contributed by atoms with Gasteiger partial charge in [-0.2, -0.15) is 0 Å². The standard InChI is InChI=1S/C26H28Cl2FN5O2/c27-20-7-8-21(29)23(28)19(20)9-14-36-26-24(30)32-16-22(33-26)17-5-3-6-18(15-17)25(35)31-10-4-13-34-11-1-2-12-34/h3,5-8,15-16H,1-2,4,9-14H2,(H2,30,32)(H,31,35). The Bertz CT molecular complexity index is 1220. The van der Waals surface area contributed by atoms with Gasteiger partial charge in [0.15, 0.2) is 5.82 Å². The van der Waals surface area contributed by atoms with Crippen LogP contribution in [0.25, 0.3) is 11.3 Å². The van der Waals surface area contributed by atoms with Crippen molar-refractivity contribution in [3.63, 3.8) is 0 Å². The highest BCUT2D eigenvalue weighted by molar-refractivity contribution is 6.36. The molecule has 2 aromatic carbocycles. The van der Waals surface area contributed by atoms with Crippen LogP contribution in [0, 0.1) is 5.82 Å². The molecule has 1 aliphatic heterocycles. The van der Waals surface area contributed by atoms with Crippen molar-refractivity contribution in [3.05, 3.63) is 69.6 Å². The Kier molecular flexibility index (Phi) is 8.96. The number of benzene rings is 2. The predicted molar refractivity (Wildman–Crippen MR) is 140 cm³/mol. The van der Waals surface area contributed by atoms with Gasteiger partial charge in [0.1, 0.15) is 5.82 Å². The van der Waals surface area contributed by atoms with Crippen molar-refractivity contribution < 1.29 is 13.9 Å². The number of carbonyl (C=O) groups is 1. The first-order chi connectivity index (χ1) is 17.4. The van der Waals surface area contributed by atoms with Crippen LogP contribution >= 0.6 is 23.2 Å². The van der Waals surface area contributed by atoms with Crippen molar-refractivity contribution in [1.82, 2.24) is 20.2 Å². The van der Waals surface area contributed by atoms with E-state index in [0.29, 0.717) is 34.0 Å². The SMILES string of the molecule is Nc1ncc(-c2cccc(C(=O)NCCCN3CCCC3)c2)nc1OCCc1c(Cl)ccc(F)c1Cl. The zero-order valence-electron chi connectivity index (χ0n) is 19.8. The lowest BCUT2D eigenvalue weighted by Gasteiger charge is -2.14. The fourth-order valence-electron chi connectivity index (χ4n) is 4.11. The summed E-state index contributed by atoms with van der Waals surface area (Å²) >= 11 is 12.2. The molecule has 4 rings (SSSR count). The maximum absolute atomic E-state index is 13.8. The number of hydrogen-bond donors (Lipinski definition) is 2. The first-order valence-corrected chi connectivity index (χ1v) is 12.7. The number of nitrogens with two attached hydrogens (primary N) is 1. The van der Waals surface area contributed by atoms with Gasteiger partial charge in [0, 0.05) is 29.1 Å². The molecule has 1 saturated heterocycles. The van der Waals surface area contributed by atoms with Gasteiger partial charge in [0.2, 0.25) is 0 Å².